The molecular formula is C13H15Cl3N2O3. The van der Waals surface area contributed by atoms with E-state index in [4.69, 9.17) is 39.5 Å². The molecule has 0 atom stereocenters. The molecule has 0 bridgehead atoms. The van der Waals surface area contributed by atoms with Crippen molar-refractivity contribution in [1.82, 2.24) is 5.32 Å². The summed E-state index contributed by atoms with van der Waals surface area (Å²) in [7, 11) is 0. The predicted molar refractivity (Wildman–Crippen MR) is 84.4 cm³/mol. The number of nitrogens with one attached hydrogen (secondary N) is 2. The summed E-state index contributed by atoms with van der Waals surface area (Å²) in [6.07, 6.45) is 0.727. The molecule has 116 valence electrons. The zero-order valence-electron chi connectivity index (χ0n) is 11.3. The molecule has 1 rings (SSSR count). The van der Waals surface area contributed by atoms with Gasteiger partial charge < -0.3 is 15.4 Å². The number of carbonyl (C=O) groups is 2. The Kier molecular flexibility index (Phi) is 7.64. The van der Waals surface area contributed by atoms with Crippen LogP contribution in [0.1, 0.15) is 19.8 Å². The summed E-state index contributed by atoms with van der Waals surface area (Å²) in [5.74, 6) is -0.288. The van der Waals surface area contributed by atoms with Crippen molar-refractivity contribution in [1.29, 1.82) is 0 Å². The molecule has 2 amide bonds. The van der Waals surface area contributed by atoms with E-state index in [-0.39, 0.29) is 28.1 Å². The number of amides is 2. The largest absolute Gasteiger partial charge is 0.466 e. The Hall–Kier alpha value is -1.17. The lowest BCUT2D eigenvalue weighted by atomic mass is 10.3. The third-order valence-corrected chi connectivity index (χ3v) is 3.21. The molecule has 0 saturated carbocycles. The number of urea groups is 1. The van der Waals surface area contributed by atoms with Crippen molar-refractivity contribution in [2.75, 3.05) is 18.5 Å². The Morgan fingerprint density at radius 3 is 2.38 bits per heavy atom. The van der Waals surface area contributed by atoms with Crippen molar-refractivity contribution in [3.05, 3.63) is 27.2 Å². The minimum atomic E-state index is -0.468. The molecule has 0 aliphatic heterocycles. The lowest BCUT2D eigenvalue weighted by molar-refractivity contribution is -0.143. The molecule has 1 aromatic rings. The summed E-state index contributed by atoms with van der Waals surface area (Å²) in [6, 6.07) is 2.49. The molecule has 0 spiro atoms. The average Bonchev–Trinajstić information content (AvgIpc) is 2.39. The molecule has 8 heteroatoms. The van der Waals surface area contributed by atoms with Crippen molar-refractivity contribution >= 4 is 52.5 Å². The Balaban J connectivity index is 2.39. The van der Waals surface area contributed by atoms with E-state index in [1.54, 1.807) is 6.92 Å². The van der Waals surface area contributed by atoms with Crippen LogP contribution in [0.4, 0.5) is 10.5 Å². The zero-order valence-corrected chi connectivity index (χ0v) is 13.6. The Labute approximate surface area is 137 Å². The normalized spacial score (nSPS) is 10.1. The fraction of sp³-hybridized carbons (Fsp3) is 0.385. The van der Waals surface area contributed by atoms with Gasteiger partial charge in [-0.3, -0.25) is 4.79 Å². The minimum absolute atomic E-state index is 0.245. The molecular weight excluding hydrogens is 339 g/mol. The van der Waals surface area contributed by atoms with Crippen LogP contribution in [0.5, 0.6) is 0 Å². The first-order valence-corrected chi connectivity index (χ1v) is 7.42. The van der Waals surface area contributed by atoms with E-state index in [1.807, 2.05) is 0 Å². The lowest BCUT2D eigenvalue weighted by Gasteiger charge is -2.11. The SMILES string of the molecule is CCOC(=O)CCCNC(=O)Nc1c(Cl)cc(Cl)cc1Cl. The summed E-state index contributed by atoms with van der Waals surface area (Å²) in [6.45, 7) is 2.41. The number of esters is 1. The quantitative estimate of drug-likeness (QED) is 0.597. The summed E-state index contributed by atoms with van der Waals surface area (Å²) in [5, 5.41) is 5.99. The van der Waals surface area contributed by atoms with E-state index in [9.17, 15) is 9.59 Å². The lowest BCUT2D eigenvalue weighted by Crippen LogP contribution is -2.30. The fourth-order valence-electron chi connectivity index (χ4n) is 1.49. The van der Waals surface area contributed by atoms with Gasteiger partial charge in [0, 0.05) is 18.0 Å². The topological polar surface area (TPSA) is 67.4 Å². The highest BCUT2D eigenvalue weighted by Gasteiger charge is 2.11. The van der Waals surface area contributed by atoms with Crippen LogP contribution in [0, 0.1) is 0 Å². The number of benzene rings is 1. The van der Waals surface area contributed by atoms with E-state index in [0.29, 0.717) is 24.6 Å². The number of halogens is 3. The third-order valence-electron chi connectivity index (χ3n) is 2.39. The van der Waals surface area contributed by atoms with E-state index in [2.05, 4.69) is 10.6 Å². The summed E-state index contributed by atoms with van der Waals surface area (Å²) < 4.78 is 4.77. The summed E-state index contributed by atoms with van der Waals surface area (Å²) in [5.41, 5.74) is 0.283. The van der Waals surface area contributed by atoms with Gasteiger partial charge >= 0.3 is 12.0 Å². The minimum Gasteiger partial charge on any atom is -0.466 e. The van der Waals surface area contributed by atoms with E-state index in [0.717, 1.165) is 0 Å². The second kappa shape index (κ2) is 8.97. The number of rotatable bonds is 6. The number of anilines is 1. The molecule has 2 N–H and O–H groups in total. The second-order valence-corrected chi connectivity index (χ2v) is 5.28. The van der Waals surface area contributed by atoms with Gasteiger partial charge in [0.2, 0.25) is 0 Å². The van der Waals surface area contributed by atoms with Gasteiger partial charge in [-0.2, -0.15) is 0 Å². The molecule has 0 radical (unpaired) electrons. The van der Waals surface area contributed by atoms with Crippen LogP contribution in [0.2, 0.25) is 15.1 Å². The first-order chi connectivity index (χ1) is 9.93. The van der Waals surface area contributed by atoms with Crippen LogP contribution >= 0.6 is 34.8 Å². The van der Waals surface area contributed by atoms with Gasteiger partial charge in [0.05, 0.1) is 22.3 Å². The van der Waals surface area contributed by atoms with E-state index in [1.165, 1.54) is 12.1 Å². The van der Waals surface area contributed by atoms with Gasteiger partial charge in [-0.05, 0) is 25.5 Å². The molecule has 0 saturated heterocycles. The molecule has 0 fully saturated rings. The standard InChI is InChI=1S/C13H15Cl3N2O3/c1-2-21-11(19)4-3-5-17-13(20)18-12-9(15)6-8(14)7-10(12)16/h6-7H,2-5H2,1H3,(H2,17,18,20). The van der Waals surface area contributed by atoms with Crippen LogP contribution < -0.4 is 10.6 Å². The first-order valence-electron chi connectivity index (χ1n) is 6.29. The van der Waals surface area contributed by atoms with Crippen LogP contribution in [0.15, 0.2) is 12.1 Å². The second-order valence-electron chi connectivity index (χ2n) is 4.03. The summed E-state index contributed by atoms with van der Waals surface area (Å²) in [4.78, 5) is 22.8. The molecule has 0 aliphatic rings. The number of hydrogen-bond donors (Lipinski definition) is 2. The maximum absolute atomic E-state index is 11.7. The van der Waals surface area contributed by atoms with Crippen LogP contribution in [0.3, 0.4) is 0 Å². The molecule has 0 aliphatic carbocycles. The van der Waals surface area contributed by atoms with Gasteiger partial charge in [0.1, 0.15) is 0 Å². The van der Waals surface area contributed by atoms with E-state index >= 15 is 0 Å². The Bertz CT molecular complexity index is 500. The monoisotopic (exact) mass is 352 g/mol. The highest BCUT2D eigenvalue weighted by Crippen LogP contribution is 2.33. The van der Waals surface area contributed by atoms with Crippen molar-refractivity contribution < 1.29 is 14.3 Å². The van der Waals surface area contributed by atoms with Crippen molar-refractivity contribution in [3.8, 4) is 0 Å². The maximum Gasteiger partial charge on any atom is 0.319 e. The first kappa shape index (κ1) is 17.9. The molecule has 1 aromatic carbocycles. The molecule has 0 heterocycles. The van der Waals surface area contributed by atoms with Crippen molar-refractivity contribution in [2.24, 2.45) is 0 Å². The van der Waals surface area contributed by atoms with Crippen molar-refractivity contribution in [3.63, 3.8) is 0 Å². The Morgan fingerprint density at radius 2 is 1.81 bits per heavy atom. The van der Waals surface area contributed by atoms with Crippen molar-refractivity contribution in [2.45, 2.75) is 19.8 Å². The molecule has 0 aromatic heterocycles. The number of hydrogen-bond acceptors (Lipinski definition) is 3. The molecule has 5 nitrogen and oxygen atoms in total. The van der Waals surface area contributed by atoms with Gasteiger partial charge in [0.25, 0.3) is 0 Å². The number of ether oxygens (including phenoxy) is 1. The van der Waals surface area contributed by atoms with Gasteiger partial charge in [-0.25, -0.2) is 4.79 Å². The predicted octanol–water partition coefficient (Wildman–Crippen LogP) is 4.11. The van der Waals surface area contributed by atoms with E-state index < -0.39 is 6.03 Å². The highest BCUT2D eigenvalue weighted by atomic mass is 35.5. The number of carbonyl (C=O) groups excluding carboxylic acids is 2. The van der Waals surface area contributed by atoms with Crippen LogP contribution in [-0.4, -0.2) is 25.2 Å². The molecule has 0 unspecified atom stereocenters. The zero-order chi connectivity index (χ0) is 15.8. The molecule has 21 heavy (non-hydrogen) atoms. The van der Waals surface area contributed by atoms with Gasteiger partial charge in [0.15, 0.2) is 0 Å². The fourth-order valence-corrected chi connectivity index (χ4v) is 2.40. The van der Waals surface area contributed by atoms with Gasteiger partial charge in [-0.15, -0.1) is 0 Å². The summed E-state index contributed by atoms with van der Waals surface area (Å²) >= 11 is 17.7. The highest BCUT2D eigenvalue weighted by molar-refractivity contribution is 6.42. The Morgan fingerprint density at radius 1 is 1.19 bits per heavy atom. The smallest absolute Gasteiger partial charge is 0.319 e. The van der Waals surface area contributed by atoms with Gasteiger partial charge in [-0.1, -0.05) is 34.8 Å². The van der Waals surface area contributed by atoms with Crippen LogP contribution in [-0.2, 0) is 9.53 Å². The van der Waals surface area contributed by atoms with Crippen LogP contribution in [0.25, 0.3) is 0 Å². The maximum atomic E-state index is 11.7. The third kappa shape index (κ3) is 6.42. The average molecular weight is 354 g/mol.